The number of thiophene rings is 1. The van der Waals surface area contributed by atoms with Gasteiger partial charge in [0, 0.05) is 54.9 Å². The monoisotopic (exact) mass is 968 g/mol. The van der Waals surface area contributed by atoms with Gasteiger partial charge in [0.15, 0.2) is 0 Å². The van der Waals surface area contributed by atoms with E-state index in [9.17, 15) is 0 Å². The van der Waals surface area contributed by atoms with E-state index in [-0.39, 0.29) is 23.0 Å². The summed E-state index contributed by atoms with van der Waals surface area (Å²) < 4.78 is 1.47. The first-order valence-corrected chi connectivity index (χ1v) is 27.3. The highest BCUT2D eigenvalue weighted by atomic mass is 32.1. The highest BCUT2D eigenvalue weighted by Gasteiger charge is 2.47. The van der Waals surface area contributed by atoms with Crippen LogP contribution in [0.25, 0.3) is 22.3 Å². The van der Waals surface area contributed by atoms with Crippen LogP contribution in [-0.2, 0) is 29.1 Å². The fraction of sp³-hybridized carbons (Fsp3) is 0.235. The van der Waals surface area contributed by atoms with Gasteiger partial charge in [-0.2, -0.15) is 11.3 Å². The third kappa shape index (κ3) is 8.21. The van der Waals surface area contributed by atoms with Crippen LogP contribution in [0, 0.1) is 0 Å². The molecule has 1 aromatic heterocycles. The summed E-state index contributed by atoms with van der Waals surface area (Å²) in [6, 6.07) is 71.3. The molecule has 0 amide bonds. The molecule has 0 unspecified atom stereocenters. The highest BCUT2D eigenvalue weighted by Crippen LogP contribution is 2.52. The number of aryl methyl sites for hydroxylation is 1. The van der Waals surface area contributed by atoms with E-state index in [1.165, 1.54) is 95.9 Å². The van der Waals surface area contributed by atoms with Crippen molar-refractivity contribution < 1.29 is 0 Å². The van der Waals surface area contributed by atoms with Crippen LogP contribution in [0.5, 0.6) is 0 Å². The topological polar surface area (TPSA) is 9.72 Å². The molecule has 3 heterocycles. The molecular formula is C68H66BN3S. The molecule has 73 heavy (non-hydrogen) atoms. The van der Waals surface area contributed by atoms with Crippen molar-refractivity contribution in [3.63, 3.8) is 0 Å². The minimum atomic E-state index is -0.112. The second kappa shape index (κ2) is 17.8. The first-order chi connectivity index (χ1) is 35.1. The molecule has 2 aliphatic heterocycles. The summed E-state index contributed by atoms with van der Waals surface area (Å²) in [7, 11) is 0. The molecule has 362 valence electrons. The van der Waals surface area contributed by atoms with Crippen molar-refractivity contribution in [2.24, 2.45) is 0 Å². The molecule has 1 aliphatic carbocycles. The zero-order chi connectivity index (χ0) is 50.4. The number of rotatable bonds is 7. The lowest BCUT2D eigenvalue weighted by atomic mass is 9.36. The van der Waals surface area contributed by atoms with Gasteiger partial charge >= 0.3 is 0 Å². The molecule has 9 aromatic rings. The van der Waals surface area contributed by atoms with E-state index in [1.807, 2.05) is 0 Å². The van der Waals surface area contributed by atoms with Crippen LogP contribution < -0.4 is 30.4 Å². The summed E-state index contributed by atoms with van der Waals surface area (Å²) in [6.07, 6.45) is 4.73. The Morgan fingerprint density at radius 2 is 0.932 bits per heavy atom. The molecule has 0 saturated carbocycles. The van der Waals surface area contributed by atoms with Crippen LogP contribution in [-0.4, -0.2) is 6.71 Å². The largest absolute Gasteiger partial charge is 0.311 e. The number of hydrogen-bond donors (Lipinski definition) is 0. The zero-order valence-corrected chi connectivity index (χ0v) is 44.9. The van der Waals surface area contributed by atoms with Crippen LogP contribution >= 0.6 is 11.3 Å². The molecule has 0 spiro atoms. The molecule has 0 saturated heterocycles. The summed E-state index contributed by atoms with van der Waals surface area (Å²) in [5.74, 6) is 0. The van der Waals surface area contributed by atoms with Gasteiger partial charge in [-0.3, -0.25) is 0 Å². The van der Waals surface area contributed by atoms with E-state index in [1.54, 1.807) is 10.4 Å². The normalized spacial score (nSPS) is 14.1. The van der Waals surface area contributed by atoms with E-state index >= 15 is 0 Å². The van der Waals surface area contributed by atoms with Crippen molar-refractivity contribution in [1.29, 1.82) is 0 Å². The summed E-state index contributed by atoms with van der Waals surface area (Å²) >= 11 is 2.08. The van der Waals surface area contributed by atoms with Gasteiger partial charge in [-0.1, -0.05) is 178 Å². The maximum Gasteiger partial charge on any atom is 0.264 e. The number of para-hydroxylation sites is 2. The number of fused-ring (bicyclic) bond motifs is 6. The van der Waals surface area contributed by atoms with Gasteiger partial charge in [0.1, 0.15) is 0 Å². The average molecular weight is 968 g/mol. The molecular weight excluding hydrogens is 902 g/mol. The molecule has 12 rings (SSSR count). The average Bonchev–Trinajstić information content (AvgIpc) is 3.79. The van der Waals surface area contributed by atoms with Crippen LogP contribution in [0.4, 0.5) is 51.2 Å². The molecule has 0 N–H and O–H groups in total. The quantitative estimate of drug-likeness (QED) is 0.147. The third-order valence-corrected chi connectivity index (χ3v) is 17.0. The Kier molecular flexibility index (Phi) is 11.5. The molecule has 3 nitrogen and oxygen atoms in total. The van der Waals surface area contributed by atoms with Crippen LogP contribution in [0.2, 0.25) is 0 Å². The molecule has 0 fully saturated rings. The number of benzene rings is 8. The standard InChI is InChI=1S/C68H66BN3S/c1-66(2,3)47-34-38-57(54(40-47)45-24-14-10-15-25-45)71(58-39-35-48(67(4,5)6)41-55(58)46-26-16-11-17-27-46)52-36-37-56-59(44-52)70(50-28-18-12-19-29-50)60-42-49(68(7,8)9)43-61-63(60)69(56)65-64(53-32-22-23-33-62(53)73-65)72(61)51-30-20-13-21-31-51/h10-21,24-31,34-44H,22-23,32-33H2,1-9H3. The Morgan fingerprint density at radius 3 is 1.45 bits per heavy atom. The lowest BCUT2D eigenvalue weighted by Crippen LogP contribution is -2.60. The molecule has 8 aromatic carbocycles. The summed E-state index contributed by atoms with van der Waals surface area (Å²) in [4.78, 5) is 9.40. The van der Waals surface area contributed by atoms with E-state index in [0.29, 0.717) is 0 Å². The minimum Gasteiger partial charge on any atom is -0.311 e. The van der Waals surface area contributed by atoms with E-state index in [2.05, 4.69) is 276 Å². The number of nitrogens with zero attached hydrogens (tertiary/aromatic N) is 3. The summed E-state index contributed by atoms with van der Waals surface area (Å²) in [6.45, 7) is 21.1. The van der Waals surface area contributed by atoms with Crippen molar-refractivity contribution >= 4 is 84.9 Å². The van der Waals surface area contributed by atoms with Gasteiger partial charge < -0.3 is 14.7 Å². The van der Waals surface area contributed by atoms with Crippen molar-refractivity contribution in [2.75, 3.05) is 14.7 Å². The Bertz CT molecular complexity index is 3420. The predicted octanol–water partition coefficient (Wildman–Crippen LogP) is 17.4. The Morgan fingerprint density at radius 1 is 0.452 bits per heavy atom. The molecule has 0 atom stereocenters. The van der Waals surface area contributed by atoms with Gasteiger partial charge in [0.05, 0.1) is 17.1 Å². The van der Waals surface area contributed by atoms with Gasteiger partial charge in [-0.25, -0.2) is 0 Å². The third-order valence-electron chi connectivity index (χ3n) is 15.7. The fourth-order valence-electron chi connectivity index (χ4n) is 11.7. The van der Waals surface area contributed by atoms with E-state index in [4.69, 9.17) is 0 Å². The number of anilines is 9. The maximum atomic E-state index is 2.66. The number of hydrogen-bond acceptors (Lipinski definition) is 4. The van der Waals surface area contributed by atoms with Crippen molar-refractivity contribution in [1.82, 2.24) is 0 Å². The van der Waals surface area contributed by atoms with Gasteiger partial charge in [-0.15, -0.1) is 0 Å². The second-order valence-corrected chi connectivity index (χ2v) is 24.8. The van der Waals surface area contributed by atoms with Crippen LogP contribution in [0.1, 0.15) is 102 Å². The van der Waals surface area contributed by atoms with Crippen molar-refractivity contribution in [3.8, 4) is 22.3 Å². The molecule has 0 bridgehead atoms. The lowest BCUT2D eigenvalue weighted by molar-refractivity contribution is 0.590. The van der Waals surface area contributed by atoms with Crippen molar-refractivity contribution in [3.05, 3.63) is 215 Å². The fourth-order valence-corrected chi connectivity index (χ4v) is 13.2. The second-order valence-electron chi connectivity index (χ2n) is 23.7. The Balaban J connectivity index is 1.19. The molecule has 3 aliphatic rings. The SMILES string of the molecule is CC(C)(C)c1ccc(N(c2ccc3c(c2)N(c2ccccc2)c2cc(C(C)(C)C)cc4c2B3c2sc3c(c2N4c2ccccc2)CCCC3)c2ccc(C(C)(C)C)cc2-c2ccccc2)c(-c2ccccc2)c1. The van der Waals surface area contributed by atoms with Crippen molar-refractivity contribution in [2.45, 2.75) is 104 Å². The first-order valence-electron chi connectivity index (χ1n) is 26.5. The Hall–Kier alpha value is -7.08. The van der Waals surface area contributed by atoms with E-state index in [0.717, 1.165) is 35.6 Å². The Labute approximate surface area is 438 Å². The molecule has 0 radical (unpaired) electrons. The summed E-state index contributed by atoms with van der Waals surface area (Å²) in [5, 5.41) is 0. The van der Waals surface area contributed by atoms with Crippen LogP contribution in [0.15, 0.2) is 188 Å². The molecule has 5 heteroatoms. The van der Waals surface area contributed by atoms with Gasteiger partial charge in [-0.05, 0) is 159 Å². The van der Waals surface area contributed by atoms with E-state index < -0.39 is 0 Å². The highest BCUT2D eigenvalue weighted by molar-refractivity contribution is 7.29. The zero-order valence-electron chi connectivity index (χ0n) is 44.1. The van der Waals surface area contributed by atoms with Crippen LogP contribution in [0.3, 0.4) is 0 Å². The lowest BCUT2D eigenvalue weighted by Gasteiger charge is -2.44. The first kappa shape index (κ1) is 47.0. The minimum absolute atomic E-state index is 0.0491. The van der Waals surface area contributed by atoms with Gasteiger partial charge in [0.2, 0.25) is 0 Å². The van der Waals surface area contributed by atoms with Gasteiger partial charge in [0.25, 0.3) is 6.71 Å². The summed E-state index contributed by atoms with van der Waals surface area (Å²) in [5.41, 5.74) is 23.8. The smallest absolute Gasteiger partial charge is 0.264 e. The predicted molar refractivity (Wildman–Crippen MR) is 317 cm³/mol. The maximum absolute atomic E-state index is 2.66.